The number of fused-ring (bicyclic) bond motifs is 1. The number of anilines is 1. The summed E-state index contributed by atoms with van der Waals surface area (Å²) in [5, 5.41) is 1.31. The molecule has 0 bridgehead atoms. The summed E-state index contributed by atoms with van der Waals surface area (Å²) in [5.74, 6) is 0.543. The number of pyridine rings is 1. The number of nitrogens with two attached hydrogens (primary N) is 1. The molecule has 0 saturated carbocycles. The van der Waals surface area contributed by atoms with Crippen molar-refractivity contribution < 1.29 is 4.74 Å². The number of morpholine rings is 1. The number of benzene rings is 1. The van der Waals surface area contributed by atoms with E-state index in [9.17, 15) is 0 Å². The minimum Gasteiger partial charge on any atom is -0.384 e. The van der Waals surface area contributed by atoms with Crippen LogP contribution in [0.1, 0.15) is 31.1 Å². The van der Waals surface area contributed by atoms with Crippen molar-refractivity contribution in [3.8, 4) is 0 Å². The molecular formula is C21H26N4O. The first kappa shape index (κ1) is 17.1. The molecule has 0 amide bonds. The molecule has 5 heteroatoms. The predicted molar refractivity (Wildman–Crippen MR) is 105 cm³/mol. The zero-order valence-electron chi connectivity index (χ0n) is 15.4. The highest BCUT2D eigenvalue weighted by atomic mass is 16.5. The highest BCUT2D eigenvalue weighted by molar-refractivity contribution is 5.83. The number of aromatic amines is 1. The molecule has 3 N–H and O–H groups in total. The lowest BCUT2D eigenvalue weighted by Crippen LogP contribution is -2.51. The number of H-pyrrole nitrogens is 1. The summed E-state index contributed by atoms with van der Waals surface area (Å²) in [7, 11) is 0. The first-order valence-corrected chi connectivity index (χ1v) is 9.16. The maximum Gasteiger partial charge on any atom is 0.123 e. The van der Waals surface area contributed by atoms with Crippen molar-refractivity contribution in [2.24, 2.45) is 0 Å². The first-order chi connectivity index (χ1) is 12.5. The van der Waals surface area contributed by atoms with Gasteiger partial charge in [-0.15, -0.1) is 0 Å². The molecule has 1 unspecified atom stereocenters. The number of nitrogen functional groups attached to an aromatic ring is 1. The second-order valence-electron chi connectivity index (χ2n) is 7.67. The molecule has 0 aliphatic carbocycles. The Hall–Kier alpha value is -2.37. The number of nitrogens with one attached hydrogen (secondary N) is 1. The number of ether oxygens (including phenoxy) is 1. The minimum atomic E-state index is 0.0359. The molecule has 1 atom stereocenters. The SMILES string of the molecule is CC(C)(Cc1c[nH]c2ccccc12)N1CCOC(c2ccc(N)nc2)C1. The standard InChI is InChI=1S/C21H26N4O/c1-21(2,11-16-13-23-18-6-4-3-5-17(16)18)25-9-10-26-19(14-25)15-7-8-20(22)24-12-15/h3-8,12-13,19,23H,9-11,14H2,1-2H3,(H2,22,24). The third-order valence-corrected chi connectivity index (χ3v) is 5.40. The Balaban J connectivity index is 1.52. The van der Waals surface area contributed by atoms with Gasteiger partial charge in [0.1, 0.15) is 5.82 Å². The zero-order chi connectivity index (χ0) is 18.1. The Labute approximate surface area is 154 Å². The molecule has 1 saturated heterocycles. The van der Waals surface area contributed by atoms with Crippen LogP contribution in [-0.2, 0) is 11.2 Å². The fraction of sp³-hybridized carbons (Fsp3) is 0.381. The largest absolute Gasteiger partial charge is 0.384 e. The molecule has 1 aliphatic heterocycles. The molecule has 2 aromatic heterocycles. The molecule has 1 aromatic carbocycles. The van der Waals surface area contributed by atoms with Gasteiger partial charge in [0.2, 0.25) is 0 Å². The molecule has 26 heavy (non-hydrogen) atoms. The molecule has 136 valence electrons. The number of hydrogen-bond donors (Lipinski definition) is 2. The van der Waals surface area contributed by atoms with Crippen molar-refractivity contribution in [2.75, 3.05) is 25.4 Å². The first-order valence-electron chi connectivity index (χ1n) is 9.16. The van der Waals surface area contributed by atoms with Crippen LogP contribution in [0, 0.1) is 0 Å². The topological polar surface area (TPSA) is 67.2 Å². The number of hydrogen-bond acceptors (Lipinski definition) is 4. The van der Waals surface area contributed by atoms with Crippen molar-refractivity contribution in [3.05, 3.63) is 59.9 Å². The molecule has 5 nitrogen and oxygen atoms in total. The van der Waals surface area contributed by atoms with Crippen molar-refractivity contribution in [1.29, 1.82) is 0 Å². The Morgan fingerprint density at radius 3 is 2.92 bits per heavy atom. The molecule has 1 fully saturated rings. The summed E-state index contributed by atoms with van der Waals surface area (Å²) in [5.41, 5.74) is 9.40. The number of nitrogens with zero attached hydrogens (tertiary/aromatic N) is 2. The predicted octanol–water partition coefficient (Wildman–Crippen LogP) is 3.54. The van der Waals surface area contributed by atoms with E-state index < -0.39 is 0 Å². The molecule has 0 radical (unpaired) electrons. The second kappa shape index (κ2) is 6.74. The van der Waals surface area contributed by atoms with Gasteiger partial charge in [-0.3, -0.25) is 4.90 Å². The van der Waals surface area contributed by atoms with E-state index >= 15 is 0 Å². The maximum atomic E-state index is 6.01. The van der Waals surface area contributed by atoms with Gasteiger partial charge in [0.25, 0.3) is 0 Å². The minimum absolute atomic E-state index is 0.0359. The van der Waals surface area contributed by atoms with Crippen molar-refractivity contribution in [3.63, 3.8) is 0 Å². The van der Waals surface area contributed by atoms with E-state index in [1.54, 1.807) is 0 Å². The van der Waals surface area contributed by atoms with Gasteiger partial charge in [-0.25, -0.2) is 4.98 Å². The molecule has 1 aliphatic rings. The van der Waals surface area contributed by atoms with Gasteiger partial charge in [0.15, 0.2) is 0 Å². The highest BCUT2D eigenvalue weighted by Gasteiger charge is 2.33. The third-order valence-electron chi connectivity index (χ3n) is 5.40. The Bertz CT molecular complexity index is 884. The molecule has 3 aromatic rings. The van der Waals surface area contributed by atoms with Crippen molar-refractivity contribution in [2.45, 2.75) is 31.9 Å². The Kier molecular flexibility index (Phi) is 4.42. The van der Waals surface area contributed by atoms with E-state index in [4.69, 9.17) is 10.5 Å². The van der Waals surface area contributed by atoms with E-state index in [0.717, 1.165) is 31.7 Å². The average molecular weight is 350 g/mol. The fourth-order valence-electron chi connectivity index (χ4n) is 3.86. The second-order valence-corrected chi connectivity index (χ2v) is 7.67. The summed E-state index contributed by atoms with van der Waals surface area (Å²) >= 11 is 0. The van der Waals surface area contributed by atoms with E-state index in [1.807, 2.05) is 18.3 Å². The van der Waals surface area contributed by atoms with Gasteiger partial charge >= 0.3 is 0 Å². The van der Waals surface area contributed by atoms with E-state index in [0.29, 0.717) is 5.82 Å². The van der Waals surface area contributed by atoms with Crippen LogP contribution < -0.4 is 5.73 Å². The van der Waals surface area contributed by atoms with Crippen molar-refractivity contribution >= 4 is 16.7 Å². The maximum absolute atomic E-state index is 6.01. The van der Waals surface area contributed by atoms with E-state index in [2.05, 4.69) is 59.2 Å². The van der Waals surface area contributed by atoms with Gasteiger partial charge < -0.3 is 15.5 Å². The Morgan fingerprint density at radius 1 is 1.27 bits per heavy atom. The van der Waals surface area contributed by atoms with Crippen LogP contribution in [0.15, 0.2) is 48.8 Å². The summed E-state index contributed by atoms with van der Waals surface area (Å²) < 4.78 is 6.01. The lowest BCUT2D eigenvalue weighted by molar-refractivity contribution is -0.0637. The van der Waals surface area contributed by atoms with Crippen molar-refractivity contribution in [1.82, 2.24) is 14.9 Å². The zero-order valence-corrected chi connectivity index (χ0v) is 15.4. The monoisotopic (exact) mass is 350 g/mol. The van der Waals surface area contributed by atoms with Crippen LogP contribution >= 0.6 is 0 Å². The molecular weight excluding hydrogens is 324 g/mol. The van der Waals surface area contributed by atoms with Crippen LogP contribution in [0.2, 0.25) is 0 Å². The number of rotatable bonds is 4. The summed E-state index contributed by atoms with van der Waals surface area (Å²) in [4.78, 5) is 10.1. The van der Waals surface area contributed by atoms with Gasteiger partial charge in [-0.05, 0) is 38.0 Å². The van der Waals surface area contributed by atoms with Gasteiger partial charge in [0, 0.05) is 47.5 Å². The molecule has 4 rings (SSSR count). The van der Waals surface area contributed by atoms with Gasteiger partial charge in [-0.2, -0.15) is 0 Å². The van der Waals surface area contributed by atoms with Crippen LogP contribution in [0.4, 0.5) is 5.82 Å². The van der Waals surface area contributed by atoms with Crippen LogP contribution in [0.25, 0.3) is 10.9 Å². The third kappa shape index (κ3) is 3.32. The van der Waals surface area contributed by atoms with E-state index in [-0.39, 0.29) is 11.6 Å². The van der Waals surface area contributed by atoms with Gasteiger partial charge in [0.05, 0.1) is 12.7 Å². The molecule has 3 heterocycles. The number of aromatic nitrogens is 2. The lowest BCUT2D eigenvalue weighted by Gasteiger charge is -2.43. The summed E-state index contributed by atoms with van der Waals surface area (Å²) in [6.45, 7) is 7.17. The lowest BCUT2D eigenvalue weighted by atomic mass is 9.91. The van der Waals surface area contributed by atoms with Gasteiger partial charge in [-0.1, -0.05) is 24.3 Å². The number of para-hydroxylation sites is 1. The highest BCUT2D eigenvalue weighted by Crippen LogP contribution is 2.30. The smallest absolute Gasteiger partial charge is 0.123 e. The van der Waals surface area contributed by atoms with Crippen LogP contribution in [0.3, 0.4) is 0 Å². The normalized spacial score (nSPS) is 19.1. The van der Waals surface area contributed by atoms with E-state index in [1.165, 1.54) is 16.5 Å². The quantitative estimate of drug-likeness (QED) is 0.755. The average Bonchev–Trinajstić information content (AvgIpc) is 3.05. The molecule has 0 spiro atoms. The fourth-order valence-corrected chi connectivity index (χ4v) is 3.86. The van der Waals surface area contributed by atoms with Crippen LogP contribution in [0.5, 0.6) is 0 Å². The summed E-state index contributed by atoms with van der Waals surface area (Å²) in [6, 6.07) is 12.4. The Morgan fingerprint density at radius 2 is 2.12 bits per heavy atom. The summed E-state index contributed by atoms with van der Waals surface area (Å²) in [6.07, 6.45) is 5.01. The van der Waals surface area contributed by atoms with Crippen LogP contribution in [-0.4, -0.2) is 40.1 Å².